The summed E-state index contributed by atoms with van der Waals surface area (Å²) < 4.78 is 0. The van der Waals surface area contributed by atoms with Crippen molar-refractivity contribution in [3.05, 3.63) is 39.7 Å². The molecule has 1 aromatic carbocycles. The standard InChI is InChI=1S/C21H24N2O2/c1-3-16-19(23-11-9-21(10-12-23)7-4-8-21)17-13-15(14(2)24)5-6-18(17)22-20(16)25/h1,5-6,13-14,24H,4,7-12H2,2H3,(H,22,25). The molecule has 1 atom stereocenters. The van der Waals surface area contributed by atoms with Crippen molar-refractivity contribution in [2.45, 2.75) is 45.1 Å². The number of H-pyrrole nitrogens is 1. The fourth-order valence-corrected chi connectivity index (χ4v) is 4.40. The van der Waals surface area contributed by atoms with Crippen molar-refractivity contribution in [3.63, 3.8) is 0 Å². The predicted octanol–water partition coefficient (Wildman–Crippen LogP) is 3.33. The number of fused-ring (bicyclic) bond motifs is 1. The third-order valence-corrected chi connectivity index (χ3v) is 6.19. The van der Waals surface area contributed by atoms with E-state index >= 15 is 0 Å². The summed E-state index contributed by atoms with van der Waals surface area (Å²) in [6.45, 7) is 3.62. The van der Waals surface area contributed by atoms with Gasteiger partial charge in [0, 0.05) is 18.5 Å². The number of aromatic amines is 1. The average Bonchev–Trinajstić information content (AvgIpc) is 2.59. The van der Waals surface area contributed by atoms with Crippen LogP contribution in [0.15, 0.2) is 23.0 Å². The number of hydrogen-bond donors (Lipinski definition) is 2. The number of pyridine rings is 1. The minimum atomic E-state index is -0.557. The van der Waals surface area contributed by atoms with Gasteiger partial charge in [-0.2, -0.15) is 0 Å². The molecule has 1 saturated carbocycles. The lowest BCUT2D eigenvalue weighted by atomic mass is 9.63. The monoisotopic (exact) mass is 336 g/mol. The summed E-state index contributed by atoms with van der Waals surface area (Å²) >= 11 is 0. The average molecular weight is 336 g/mol. The van der Waals surface area contributed by atoms with Gasteiger partial charge >= 0.3 is 0 Å². The van der Waals surface area contributed by atoms with Crippen molar-refractivity contribution in [1.29, 1.82) is 0 Å². The smallest absolute Gasteiger partial charge is 0.266 e. The van der Waals surface area contributed by atoms with Crippen molar-refractivity contribution in [3.8, 4) is 12.3 Å². The number of nitrogens with zero attached hydrogens (tertiary/aromatic N) is 1. The zero-order valence-electron chi connectivity index (χ0n) is 14.6. The Balaban J connectivity index is 1.83. The Bertz CT molecular complexity index is 906. The van der Waals surface area contributed by atoms with Crippen LogP contribution in [0.3, 0.4) is 0 Å². The quantitative estimate of drug-likeness (QED) is 0.827. The number of aromatic nitrogens is 1. The van der Waals surface area contributed by atoms with Crippen LogP contribution < -0.4 is 10.5 Å². The number of piperidine rings is 1. The van der Waals surface area contributed by atoms with Gasteiger partial charge in [0.05, 0.1) is 17.3 Å². The van der Waals surface area contributed by atoms with E-state index in [1.165, 1.54) is 32.1 Å². The van der Waals surface area contributed by atoms with Gasteiger partial charge in [0.1, 0.15) is 5.56 Å². The van der Waals surface area contributed by atoms with E-state index in [2.05, 4.69) is 15.8 Å². The summed E-state index contributed by atoms with van der Waals surface area (Å²) in [4.78, 5) is 17.6. The number of benzene rings is 1. The molecule has 2 fully saturated rings. The third-order valence-electron chi connectivity index (χ3n) is 6.19. The summed E-state index contributed by atoms with van der Waals surface area (Å²) in [6, 6.07) is 5.67. The highest BCUT2D eigenvalue weighted by Gasteiger charge is 2.40. The van der Waals surface area contributed by atoms with Gasteiger partial charge in [-0.15, -0.1) is 6.42 Å². The third kappa shape index (κ3) is 2.63. The van der Waals surface area contributed by atoms with Crippen LogP contribution in [0.4, 0.5) is 5.69 Å². The molecule has 25 heavy (non-hydrogen) atoms. The van der Waals surface area contributed by atoms with Crippen LogP contribution in [-0.2, 0) is 0 Å². The first-order valence-electron chi connectivity index (χ1n) is 9.13. The molecule has 1 unspecified atom stereocenters. The molecule has 2 N–H and O–H groups in total. The van der Waals surface area contributed by atoms with Crippen LogP contribution in [0.25, 0.3) is 10.9 Å². The number of anilines is 1. The Morgan fingerprint density at radius 3 is 2.56 bits per heavy atom. The van der Waals surface area contributed by atoms with Crippen LogP contribution in [-0.4, -0.2) is 23.2 Å². The highest BCUT2D eigenvalue weighted by atomic mass is 16.3. The van der Waals surface area contributed by atoms with E-state index in [0.29, 0.717) is 11.0 Å². The van der Waals surface area contributed by atoms with Crippen LogP contribution >= 0.6 is 0 Å². The zero-order valence-corrected chi connectivity index (χ0v) is 14.6. The number of hydrogen-bond acceptors (Lipinski definition) is 3. The number of nitrogens with one attached hydrogen (secondary N) is 1. The van der Waals surface area contributed by atoms with E-state index in [1.807, 2.05) is 18.2 Å². The first kappa shape index (κ1) is 16.2. The summed E-state index contributed by atoms with van der Waals surface area (Å²) in [5, 5.41) is 10.9. The minimum absolute atomic E-state index is 0.210. The van der Waals surface area contributed by atoms with Crippen LogP contribution in [0.2, 0.25) is 0 Å². The molecule has 130 valence electrons. The minimum Gasteiger partial charge on any atom is -0.389 e. The first-order valence-corrected chi connectivity index (χ1v) is 9.13. The molecule has 2 aliphatic rings. The number of aliphatic hydroxyl groups is 1. The predicted molar refractivity (Wildman–Crippen MR) is 101 cm³/mol. The Labute approximate surface area is 147 Å². The van der Waals surface area contributed by atoms with E-state index in [0.717, 1.165) is 35.2 Å². The van der Waals surface area contributed by atoms with Crippen LogP contribution in [0.1, 0.15) is 56.3 Å². The maximum Gasteiger partial charge on any atom is 0.266 e. The van der Waals surface area contributed by atoms with Crippen molar-refractivity contribution >= 4 is 16.6 Å². The Morgan fingerprint density at radius 1 is 1.28 bits per heavy atom. The van der Waals surface area contributed by atoms with E-state index in [4.69, 9.17) is 6.42 Å². The van der Waals surface area contributed by atoms with Gasteiger partial charge in [-0.1, -0.05) is 18.4 Å². The van der Waals surface area contributed by atoms with Crippen molar-refractivity contribution < 1.29 is 5.11 Å². The molecule has 1 aliphatic heterocycles. The lowest BCUT2D eigenvalue weighted by Crippen LogP contribution is -2.44. The van der Waals surface area contributed by atoms with Crippen LogP contribution in [0, 0.1) is 17.8 Å². The Hall–Kier alpha value is -2.25. The van der Waals surface area contributed by atoms with Crippen molar-refractivity contribution in [2.75, 3.05) is 18.0 Å². The second-order valence-electron chi connectivity index (χ2n) is 7.64. The molecule has 4 nitrogen and oxygen atoms in total. The van der Waals surface area contributed by atoms with Gasteiger partial charge in [-0.25, -0.2) is 0 Å². The lowest BCUT2D eigenvalue weighted by molar-refractivity contribution is 0.0956. The molecule has 2 heterocycles. The summed E-state index contributed by atoms with van der Waals surface area (Å²) in [5.74, 6) is 2.60. The van der Waals surface area contributed by atoms with Gasteiger partial charge in [-0.05, 0) is 55.7 Å². The Kier molecular flexibility index (Phi) is 3.85. The highest BCUT2D eigenvalue weighted by Crippen LogP contribution is 2.49. The summed E-state index contributed by atoms with van der Waals surface area (Å²) in [5.41, 5.74) is 3.19. The highest BCUT2D eigenvalue weighted by molar-refractivity contribution is 5.95. The van der Waals surface area contributed by atoms with E-state index < -0.39 is 6.10 Å². The maximum atomic E-state index is 12.5. The SMILES string of the molecule is C#Cc1c(N2CCC3(CCC3)CC2)c2cc(C(C)O)ccc2[nH]c1=O. The topological polar surface area (TPSA) is 56.3 Å². The Morgan fingerprint density at radius 2 is 2.00 bits per heavy atom. The largest absolute Gasteiger partial charge is 0.389 e. The fraction of sp³-hybridized carbons (Fsp3) is 0.476. The van der Waals surface area contributed by atoms with Gasteiger partial charge in [-0.3, -0.25) is 4.79 Å². The van der Waals surface area contributed by atoms with Gasteiger partial charge in [0.15, 0.2) is 0 Å². The van der Waals surface area contributed by atoms with Gasteiger partial charge in [0.25, 0.3) is 5.56 Å². The maximum absolute atomic E-state index is 12.5. The molecule has 1 aromatic heterocycles. The second-order valence-corrected chi connectivity index (χ2v) is 7.64. The van der Waals surface area contributed by atoms with E-state index in [-0.39, 0.29) is 5.56 Å². The van der Waals surface area contributed by atoms with Gasteiger partial charge < -0.3 is 15.0 Å². The van der Waals surface area contributed by atoms with Crippen molar-refractivity contribution in [1.82, 2.24) is 4.98 Å². The zero-order chi connectivity index (χ0) is 17.6. The summed E-state index contributed by atoms with van der Waals surface area (Å²) in [6.07, 6.45) is 11.5. The normalized spacial score (nSPS) is 20.3. The van der Waals surface area contributed by atoms with Crippen molar-refractivity contribution in [2.24, 2.45) is 5.41 Å². The van der Waals surface area contributed by atoms with E-state index in [9.17, 15) is 9.90 Å². The van der Waals surface area contributed by atoms with Crippen LogP contribution in [0.5, 0.6) is 0 Å². The fourth-order valence-electron chi connectivity index (χ4n) is 4.40. The van der Waals surface area contributed by atoms with Gasteiger partial charge in [0.2, 0.25) is 0 Å². The number of rotatable bonds is 2. The molecule has 1 spiro atoms. The molecule has 0 radical (unpaired) electrons. The molecule has 4 heteroatoms. The molecule has 1 saturated heterocycles. The number of aliphatic hydroxyl groups excluding tert-OH is 1. The molecule has 0 bridgehead atoms. The lowest BCUT2D eigenvalue weighted by Gasteiger charge is -2.48. The molecular weight excluding hydrogens is 312 g/mol. The molecule has 0 amide bonds. The molecular formula is C21H24N2O2. The molecule has 4 rings (SSSR count). The number of terminal acetylenes is 1. The van der Waals surface area contributed by atoms with E-state index in [1.54, 1.807) is 6.92 Å². The second kappa shape index (κ2) is 5.93. The molecule has 2 aromatic rings. The molecule has 1 aliphatic carbocycles. The summed E-state index contributed by atoms with van der Waals surface area (Å²) in [7, 11) is 0. The first-order chi connectivity index (χ1) is 12.0.